The lowest BCUT2D eigenvalue weighted by molar-refractivity contribution is 0.0371. The molecular formula is C11H24N2O. The fraction of sp³-hybridized carbons (Fsp3) is 1.00. The second-order valence-corrected chi connectivity index (χ2v) is 4.32. The van der Waals surface area contributed by atoms with E-state index in [4.69, 9.17) is 4.74 Å². The predicted molar refractivity (Wildman–Crippen MR) is 59.6 cm³/mol. The second kappa shape index (κ2) is 5.69. The topological polar surface area (TPSA) is 15.7 Å². The van der Waals surface area contributed by atoms with Gasteiger partial charge in [0, 0.05) is 38.3 Å². The van der Waals surface area contributed by atoms with Gasteiger partial charge in [-0.15, -0.1) is 0 Å². The van der Waals surface area contributed by atoms with Gasteiger partial charge in [-0.3, -0.25) is 9.80 Å². The zero-order valence-electron chi connectivity index (χ0n) is 9.99. The van der Waals surface area contributed by atoms with Gasteiger partial charge in [0.15, 0.2) is 0 Å². The van der Waals surface area contributed by atoms with Crippen LogP contribution >= 0.6 is 0 Å². The molecule has 14 heavy (non-hydrogen) atoms. The Kier molecular flexibility index (Phi) is 4.85. The van der Waals surface area contributed by atoms with E-state index in [-0.39, 0.29) is 0 Å². The maximum Gasteiger partial charge on any atom is 0.0593 e. The molecular weight excluding hydrogens is 176 g/mol. The van der Waals surface area contributed by atoms with E-state index in [0.717, 1.165) is 19.8 Å². The Bertz CT molecular complexity index is 151. The Hall–Kier alpha value is -0.120. The number of nitrogens with zero attached hydrogens (tertiary/aromatic N) is 2. The van der Waals surface area contributed by atoms with Crippen LogP contribution in [0, 0.1) is 0 Å². The molecule has 1 fully saturated rings. The maximum atomic E-state index is 5.38. The monoisotopic (exact) mass is 200 g/mol. The van der Waals surface area contributed by atoms with Crippen LogP contribution in [0.4, 0.5) is 0 Å². The van der Waals surface area contributed by atoms with E-state index in [1.165, 1.54) is 13.1 Å². The van der Waals surface area contributed by atoms with Crippen LogP contribution in [-0.2, 0) is 4.74 Å². The molecule has 1 rings (SSSR count). The minimum Gasteiger partial charge on any atom is -0.380 e. The fourth-order valence-electron chi connectivity index (χ4n) is 2.03. The first-order chi connectivity index (χ1) is 6.65. The number of ether oxygens (including phenoxy) is 1. The normalized spacial score (nSPS) is 30.9. The molecule has 0 saturated carbocycles. The van der Waals surface area contributed by atoms with Crippen molar-refractivity contribution in [2.75, 3.05) is 39.9 Å². The lowest BCUT2D eigenvalue weighted by Gasteiger charge is -2.42. The average Bonchev–Trinajstić information content (AvgIpc) is 2.14. The highest BCUT2D eigenvalue weighted by Gasteiger charge is 2.25. The fourth-order valence-corrected chi connectivity index (χ4v) is 2.03. The summed E-state index contributed by atoms with van der Waals surface area (Å²) in [5, 5.41) is 0. The van der Waals surface area contributed by atoms with Crippen LogP contribution in [0.15, 0.2) is 0 Å². The summed E-state index contributed by atoms with van der Waals surface area (Å²) in [5.41, 5.74) is 0. The number of rotatable bonds is 4. The number of piperazine rings is 1. The summed E-state index contributed by atoms with van der Waals surface area (Å²) in [5.74, 6) is 0. The summed E-state index contributed by atoms with van der Waals surface area (Å²) in [6.07, 6.45) is 0. The summed E-state index contributed by atoms with van der Waals surface area (Å²) in [4.78, 5) is 4.96. The van der Waals surface area contributed by atoms with Crippen molar-refractivity contribution in [3.05, 3.63) is 0 Å². The third kappa shape index (κ3) is 3.23. The van der Waals surface area contributed by atoms with E-state index >= 15 is 0 Å². The van der Waals surface area contributed by atoms with E-state index in [0.29, 0.717) is 12.1 Å². The molecule has 2 unspecified atom stereocenters. The Balaban J connectivity index is 2.27. The summed E-state index contributed by atoms with van der Waals surface area (Å²) >= 11 is 0. The van der Waals surface area contributed by atoms with E-state index in [1.807, 2.05) is 0 Å². The highest BCUT2D eigenvalue weighted by atomic mass is 16.5. The van der Waals surface area contributed by atoms with Crippen molar-refractivity contribution < 1.29 is 4.74 Å². The van der Waals surface area contributed by atoms with Gasteiger partial charge in [0.2, 0.25) is 0 Å². The van der Waals surface area contributed by atoms with Crippen LogP contribution in [0.5, 0.6) is 0 Å². The van der Waals surface area contributed by atoms with Crippen molar-refractivity contribution in [3.63, 3.8) is 0 Å². The van der Waals surface area contributed by atoms with Crippen molar-refractivity contribution in [2.24, 2.45) is 0 Å². The SMILES string of the molecule is CCOCCN1CC(C)N(C)C(C)C1. The van der Waals surface area contributed by atoms with Gasteiger partial charge in [-0.05, 0) is 27.8 Å². The first kappa shape index (κ1) is 12.0. The van der Waals surface area contributed by atoms with E-state index in [9.17, 15) is 0 Å². The van der Waals surface area contributed by atoms with Gasteiger partial charge >= 0.3 is 0 Å². The first-order valence-electron chi connectivity index (χ1n) is 5.67. The van der Waals surface area contributed by atoms with Crippen LogP contribution in [0.1, 0.15) is 20.8 Å². The molecule has 0 N–H and O–H groups in total. The lowest BCUT2D eigenvalue weighted by atomic mass is 10.1. The Labute approximate surface area is 88.0 Å². The van der Waals surface area contributed by atoms with E-state index < -0.39 is 0 Å². The van der Waals surface area contributed by atoms with E-state index in [2.05, 4.69) is 37.6 Å². The molecule has 0 radical (unpaired) electrons. The van der Waals surface area contributed by atoms with Gasteiger partial charge in [-0.25, -0.2) is 0 Å². The first-order valence-corrected chi connectivity index (χ1v) is 5.67. The smallest absolute Gasteiger partial charge is 0.0593 e. The largest absolute Gasteiger partial charge is 0.380 e. The predicted octanol–water partition coefficient (Wildman–Crippen LogP) is 1.05. The number of hydrogen-bond donors (Lipinski definition) is 0. The van der Waals surface area contributed by atoms with Gasteiger partial charge in [0.05, 0.1) is 6.61 Å². The molecule has 0 spiro atoms. The molecule has 0 aliphatic carbocycles. The third-order valence-corrected chi connectivity index (χ3v) is 3.19. The molecule has 0 bridgehead atoms. The third-order valence-electron chi connectivity index (χ3n) is 3.19. The van der Waals surface area contributed by atoms with Crippen molar-refractivity contribution in [2.45, 2.75) is 32.9 Å². The van der Waals surface area contributed by atoms with Crippen LogP contribution in [0.25, 0.3) is 0 Å². The van der Waals surface area contributed by atoms with Crippen LogP contribution in [0.3, 0.4) is 0 Å². The molecule has 0 aromatic heterocycles. The summed E-state index contributed by atoms with van der Waals surface area (Å²) in [7, 11) is 2.22. The standard InChI is InChI=1S/C11H24N2O/c1-5-14-7-6-13-8-10(2)12(4)11(3)9-13/h10-11H,5-9H2,1-4H3. The van der Waals surface area contributed by atoms with Crippen molar-refractivity contribution in [3.8, 4) is 0 Å². The number of likely N-dealkylation sites (N-methyl/N-ethyl adjacent to an activating group) is 1. The van der Waals surface area contributed by atoms with Gasteiger partial charge < -0.3 is 4.74 Å². The minimum absolute atomic E-state index is 0.667. The Morgan fingerprint density at radius 3 is 2.29 bits per heavy atom. The molecule has 1 aliphatic heterocycles. The van der Waals surface area contributed by atoms with Crippen molar-refractivity contribution in [1.29, 1.82) is 0 Å². The van der Waals surface area contributed by atoms with Gasteiger partial charge in [0.1, 0.15) is 0 Å². The lowest BCUT2D eigenvalue weighted by Crippen LogP contribution is -2.55. The van der Waals surface area contributed by atoms with E-state index in [1.54, 1.807) is 0 Å². The highest BCUT2D eigenvalue weighted by molar-refractivity contribution is 4.82. The molecule has 3 nitrogen and oxygen atoms in total. The van der Waals surface area contributed by atoms with Gasteiger partial charge in [-0.2, -0.15) is 0 Å². The zero-order chi connectivity index (χ0) is 10.6. The molecule has 84 valence electrons. The van der Waals surface area contributed by atoms with Crippen LogP contribution in [-0.4, -0.2) is 61.8 Å². The Morgan fingerprint density at radius 2 is 1.79 bits per heavy atom. The van der Waals surface area contributed by atoms with Crippen molar-refractivity contribution in [1.82, 2.24) is 9.80 Å². The summed E-state index contributed by atoms with van der Waals surface area (Å²) in [6.45, 7) is 11.8. The minimum atomic E-state index is 0.667. The highest BCUT2D eigenvalue weighted by Crippen LogP contribution is 2.12. The zero-order valence-corrected chi connectivity index (χ0v) is 9.99. The van der Waals surface area contributed by atoms with Gasteiger partial charge in [0.25, 0.3) is 0 Å². The molecule has 1 saturated heterocycles. The average molecular weight is 200 g/mol. The molecule has 0 amide bonds. The molecule has 1 aliphatic rings. The molecule has 0 aromatic carbocycles. The summed E-state index contributed by atoms with van der Waals surface area (Å²) in [6, 6.07) is 1.33. The number of hydrogen-bond acceptors (Lipinski definition) is 3. The Morgan fingerprint density at radius 1 is 1.21 bits per heavy atom. The van der Waals surface area contributed by atoms with Gasteiger partial charge in [-0.1, -0.05) is 0 Å². The maximum absolute atomic E-state index is 5.38. The quantitative estimate of drug-likeness (QED) is 0.631. The van der Waals surface area contributed by atoms with Crippen LogP contribution in [0.2, 0.25) is 0 Å². The molecule has 3 heteroatoms. The van der Waals surface area contributed by atoms with Crippen molar-refractivity contribution >= 4 is 0 Å². The molecule has 0 aromatic rings. The summed E-state index contributed by atoms with van der Waals surface area (Å²) < 4.78 is 5.38. The molecule has 2 atom stereocenters. The molecule has 1 heterocycles. The van der Waals surface area contributed by atoms with Crippen LogP contribution < -0.4 is 0 Å². The second-order valence-electron chi connectivity index (χ2n) is 4.32.